The summed E-state index contributed by atoms with van der Waals surface area (Å²) >= 11 is 0. The van der Waals surface area contributed by atoms with Crippen LogP contribution >= 0.6 is 0 Å². The van der Waals surface area contributed by atoms with Crippen LogP contribution in [0.5, 0.6) is 0 Å². The van der Waals surface area contributed by atoms with Crippen molar-refractivity contribution < 1.29 is 18.9 Å². The number of nitro groups is 1. The maximum atomic E-state index is 11.9. The van der Waals surface area contributed by atoms with Gasteiger partial charge in [-0.05, 0) is 31.4 Å². The molecule has 0 spiro atoms. The Kier molecular flexibility index (Phi) is 4.64. The van der Waals surface area contributed by atoms with E-state index in [2.05, 4.69) is 16.3 Å². The van der Waals surface area contributed by atoms with Crippen molar-refractivity contribution in [1.82, 2.24) is 10.2 Å². The minimum Gasteiger partial charge on any atom is -0.455 e. The van der Waals surface area contributed by atoms with Gasteiger partial charge in [0.15, 0.2) is 6.61 Å². The predicted molar refractivity (Wildman–Crippen MR) is 82.7 cm³/mol. The van der Waals surface area contributed by atoms with Gasteiger partial charge in [-0.1, -0.05) is 12.2 Å². The molecule has 2 aromatic rings. The Labute approximate surface area is 137 Å². The largest absolute Gasteiger partial charge is 0.455 e. The van der Waals surface area contributed by atoms with E-state index >= 15 is 0 Å². The number of esters is 1. The zero-order valence-corrected chi connectivity index (χ0v) is 12.8. The first-order chi connectivity index (χ1) is 11.6. The molecule has 24 heavy (non-hydrogen) atoms. The Morgan fingerprint density at radius 3 is 2.75 bits per heavy atom. The molecule has 0 unspecified atom stereocenters. The van der Waals surface area contributed by atoms with Crippen LogP contribution in [-0.2, 0) is 16.1 Å². The highest BCUT2D eigenvalue weighted by Gasteiger charge is 2.21. The number of rotatable bonds is 5. The number of benzene rings is 1. The van der Waals surface area contributed by atoms with Gasteiger partial charge in [0.2, 0.25) is 5.89 Å². The summed E-state index contributed by atoms with van der Waals surface area (Å²) in [6.45, 7) is -0.0843. The van der Waals surface area contributed by atoms with Crippen LogP contribution in [0.4, 0.5) is 5.69 Å². The Morgan fingerprint density at radius 1 is 1.29 bits per heavy atom. The molecule has 0 amide bonds. The van der Waals surface area contributed by atoms with Gasteiger partial charge < -0.3 is 9.15 Å². The van der Waals surface area contributed by atoms with Crippen molar-refractivity contribution in [2.24, 2.45) is 5.92 Å². The third-order valence-electron chi connectivity index (χ3n) is 3.73. The Morgan fingerprint density at radius 2 is 2.08 bits per heavy atom. The summed E-state index contributed by atoms with van der Waals surface area (Å²) in [5.41, 5.74) is 0.539. The third kappa shape index (κ3) is 3.65. The number of nitrogens with zero attached hydrogens (tertiary/aromatic N) is 3. The Bertz CT molecular complexity index is 766. The van der Waals surface area contributed by atoms with Crippen LogP contribution in [0.1, 0.15) is 25.2 Å². The topological polar surface area (TPSA) is 108 Å². The molecule has 1 heterocycles. The molecule has 124 valence electrons. The smallest absolute Gasteiger partial charge is 0.309 e. The number of hydrogen-bond acceptors (Lipinski definition) is 7. The average Bonchev–Trinajstić information content (AvgIpc) is 3.09. The lowest BCUT2D eigenvalue weighted by atomic mass is 9.95. The van der Waals surface area contributed by atoms with Gasteiger partial charge in [-0.25, -0.2) is 0 Å². The molecule has 1 aliphatic rings. The van der Waals surface area contributed by atoms with Crippen molar-refractivity contribution in [3.8, 4) is 11.5 Å². The van der Waals surface area contributed by atoms with Crippen LogP contribution in [0.15, 0.2) is 40.8 Å². The second-order valence-corrected chi connectivity index (χ2v) is 5.39. The van der Waals surface area contributed by atoms with Crippen LogP contribution in [0.25, 0.3) is 11.5 Å². The molecule has 0 radical (unpaired) electrons. The van der Waals surface area contributed by atoms with Crippen molar-refractivity contribution in [3.63, 3.8) is 0 Å². The fourth-order valence-corrected chi connectivity index (χ4v) is 2.41. The number of nitro benzene ring substituents is 1. The maximum absolute atomic E-state index is 11.9. The average molecular weight is 329 g/mol. The molecule has 1 aromatic carbocycles. The lowest BCUT2D eigenvalue weighted by Crippen LogP contribution is -2.18. The minimum atomic E-state index is -0.483. The van der Waals surface area contributed by atoms with Crippen molar-refractivity contribution in [2.45, 2.75) is 25.9 Å². The number of ether oxygens (including phenoxy) is 1. The number of aromatic nitrogens is 2. The van der Waals surface area contributed by atoms with E-state index in [1.807, 2.05) is 6.08 Å². The number of carbonyl (C=O) groups excluding carboxylic acids is 1. The van der Waals surface area contributed by atoms with E-state index in [1.54, 1.807) is 0 Å². The van der Waals surface area contributed by atoms with Crippen molar-refractivity contribution in [1.29, 1.82) is 0 Å². The quantitative estimate of drug-likeness (QED) is 0.359. The van der Waals surface area contributed by atoms with Crippen LogP contribution in [0, 0.1) is 16.0 Å². The second-order valence-electron chi connectivity index (χ2n) is 5.39. The summed E-state index contributed by atoms with van der Waals surface area (Å²) in [6, 6.07) is 5.76. The normalized spacial score (nSPS) is 16.8. The molecular formula is C16H15N3O5. The van der Waals surface area contributed by atoms with Crippen LogP contribution in [-0.4, -0.2) is 21.1 Å². The summed E-state index contributed by atoms with van der Waals surface area (Å²) in [4.78, 5) is 22.1. The third-order valence-corrected chi connectivity index (χ3v) is 3.73. The molecule has 0 fully saturated rings. The molecule has 0 N–H and O–H groups in total. The standard InChI is InChI=1S/C16H15N3O5/c20-16(12-4-2-1-3-5-12)23-10-14-17-18-15(24-14)11-6-8-13(9-7-11)19(21)22/h1-2,6-9,12H,3-5,10H2/t12-/m0/s1. The van der Waals surface area contributed by atoms with E-state index < -0.39 is 4.92 Å². The summed E-state index contributed by atoms with van der Waals surface area (Å²) in [7, 11) is 0. The van der Waals surface area contributed by atoms with Gasteiger partial charge in [-0.15, -0.1) is 10.2 Å². The van der Waals surface area contributed by atoms with E-state index in [9.17, 15) is 14.9 Å². The zero-order valence-electron chi connectivity index (χ0n) is 12.8. The Hall–Kier alpha value is -3.03. The first kappa shape index (κ1) is 15.9. The molecule has 8 heteroatoms. The van der Waals surface area contributed by atoms with Crippen LogP contribution in [0.3, 0.4) is 0 Å². The number of non-ortho nitro benzene ring substituents is 1. The van der Waals surface area contributed by atoms with E-state index in [0.29, 0.717) is 12.0 Å². The van der Waals surface area contributed by atoms with Crippen molar-refractivity contribution >= 4 is 11.7 Å². The second kappa shape index (κ2) is 7.03. The molecule has 1 aliphatic carbocycles. The summed E-state index contributed by atoms with van der Waals surface area (Å²) in [5.74, 6) is 0.0149. The number of allylic oxidation sites excluding steroid dienone is 2. The molecule has 0 saturated heterocycles. The molecule has 8 nitrogen and oxygen atoms in total. The first-order valence-electron chi connectivity index (χ1n) is 7.52. The molecule has 0 aliphatic heterocycles. The number of hydrogen-bond donors (Lipinski definition) is 0. The van der Waals surface area contributed by atoms with E-state index in [0.717, 1.165) is 12.8 Å². The number of carbonyl (C=O) groups is 1. The van der Waals surface area contributed by atoms with E-state index in [1.165, 1.54) is 24.3 Å². The minimum absolute atomic E-state index is 0.0195. The molecular weight excluding hydrogens is 314 g/mol. The van der Waals surface area contributed by atoms with Crippen molar-refractivity contribution in [2.75, 3.05) is 0 Å². The highest BCUT2D eigenvalue weighted by molar-refractivity contribution is 5.72. The zero-order chi connectivity index (χ0) is 16.9. The summed E-state index contributed by atoms with van der Waals surface area (Å²) in [5, 5.41) is 18.3. The molecule has 1 atom stereocenters. The van der Waals surface area contributed by atoms with Gasteiger partial charge >= 0.3 is 5.97 Å². The Balaban J connectivity index is 1.60. The SMILES string of the molecule is O=C(OCc1nnc(-c2ccc([N+](=O)[O-])cc2)o1)[C@H]1CC=CCC1. The lowest BCUT2D eigenvalue weighted by Gasteiger charge is -2.15. The lowest BCUT2D eigenvalue weighted by molar-refractivity contribution is -0.384. The highest BCUT2D eigenvalue weighted by Crippen LogP contribution is 2.22. The first-order valence-corrected chi connectivity index (χ1v) is 7.52. The summed E-state index contributed by atoms with van der Waals surface area (Å²) < 4.78 is 10.6. The van der Waals surface area contributed by atoms with Gasteiger partial charge in [0.1, 0.15) is 0 Å². The van der Waals surface area contributed by atoms with Gasteiger partial charge in [0.05, 0.1) is 10.8 Å². The van der Waals surface area contributed by atoms with E-state index in [-0.39, 0.29) is 36.0 Å². The monoisotopic (exact) mass is 329 g/mol. The van der Waals surface area contributed by atoms with Gasteiger partial charge in [-0.3, -0.25) is 14.9 Å². The van der Waals surface area contributed by atoms with Crippen LogP contribution in [0.2, 0.25) is 0 Å². The molecule has 0 saturated carbocycles. The van der Waals surface area contributed by atoms with Gasteiger partial charge in [-0.2, -0.15) is 0 Å². The van der Waals surface area contributed by atoms with Gasteiger partial charge in [0, 0.05) is 17.7 Å². The molecule has 3 rings (SSSR count). The molecule has 0 bridgehead atoms. The summed E-state index contributed by atoms with van der Waals surface area (Å²) in [6.07, 6.45) is 6.39. The molecule has 1 aromatic heterocycles. The maximum Gasteiger partial charge on any atom is 0.309 e. The fourth-order valence-electron chi connectivity index (χ4n) is 2.41. The fraction of sp³-hybridized carbons (Fsp3) is 0.312. The van der Waals surface area contributed by atoms with E-state index in [4.69, 9.17) is 9.15 Å². The van der Waals surface area contributed by atoms with Crippen molar-refractivity contribution in [3.05, 3.63) is 52.4 Å². The van der Waals surface area contributed by atoms with Gasteiger partial charge in [0.25, 0.3) is 11.6 Å². The van der Waals surface area contributed by atoms with Crippen LogP contribution < -0.4 is 0 Å². The predicted octanol–water partition coefficient (Wildman–Crippen LogP) is 3.04. The highest BCUT2D eigenvalue weighted by atomic mass is 16.6.